The van der Waals surface area contributed by atoms with Gasteiger partial charge in [-0.1, -0.05) is 45.8 Å². The van der Waals surface area contributed by atoms with Crippen molar-refractivity contribution in [1.82, 2.24) is 4.98 Å². The van der Waals surface area contributed by atoms with E-state index >= 15 is 0 Å². The van der Waals surface area contributed by atoms with Crippen molar-refractivity contribution >= 4 is 26.7 Å². The summed E-state index contributed by atoms with van der Waals surface area (Å²) in [5.74, 6) is 0. The minimum atomic E-state index is 1.05. The van der Waals surface area contributed by atoms with E-state index in [1.54, 1.807) is 0 Å². The smallest absolute Gasteiger partial charge is 0.0780 e. The van der Waals surface area contributed by atoms with Crippen LogP contribution in [-0.2, 0) is 0 Å². The molecule has 0 saturated carbocycles. The van der Waals surface area contributed by atoms with Gasteiger partial charge in [0.15, 0.2) is 0 Å². The Hall–Kier alpha value is -1.67. The normalized spacial score (nSPS) is 10.8. The molecule has 0 unspecified atom stereocenters. The molecule has 0 aliphatic heterocycles. The van der Waals surface area contributed by atoms with Crippen LogP contribution in [0.25, 0.3) is 22.0 Å². The first-order chi connectivity index (χ1) is 8.74. The van der Waals surface area contributed by atoms with Crippen LogP contribution in [0.5, 0.6) is 0 Å². The molecule has 3 rings (SSSR count). The lowest BCUT2D eigenvalue weighted by Gasteiger charge is -2.06. The molecule has 2 heteroatoms. The number of hydrogen-bond donors (Lipinski definition) is 0. The van der Waals surface area contributed by atoms with Crippen molar-refractivity contribution in [2.45, 2.75) is 6.92 Å². The van der Waals surface area contributed by atoms with Gasteiger partial charge in [0.1, 0.15) is 0 Å². The first kappa shape index (κ1) is 11.4. The molecule has 0 saturated heterocycles. The fourth-order valence-corrected chi connectivity index (χ4v) is 2.38. The minimum Gasteiger partial charge on any atom is -0.256 e. The van der Waals surface area contributed by atoms with Crippen molar-refractivity contribution in [2.24, 2.45) is 0 Å². The summed E-state index contributed by atoms with van der Waals surface area (Å²) in [4.78, 5) is 4.53. The maximum atomic E-state index is 4.53. The van der Waals surface area contributed by atoms with Gasteiger partial charge in [0.25, 0.3) is 0 Å². The van der Waals surface area contributed by atoms with Crippen LogP contribution in [0, 0.1) is 6.92 Å². The van der Waals surface area contributed by atoms with Gasteiger partial charge in [0.05, 0.1) is 5.69 Å². The van der Waals surface area contributed by atoms with E-state index in [1.165, 1.54) is 16.3 Å². The van der Waals surface area contributed by atoms with Crippen LogP contribution in [0.1, 0.15) is 5.56 Å². The third kappa shape index (κ3) is 2.04. The fraction of sp³-hybridized carbons (Fsp3) is 0.0625. The minimum absolute atomic E-state index is 1.05. The Morgan fingerprint density at radius 1 is 0.944 bits per heavy atom. The Bertz CT molecular complexity index is 702. The van der Waals surface area contributed by atoms with Gasteiger partial charge in [-0.25, -0.2) is 0 Å². The van der Waals surface area contributed by atoms with E-state index in [9.17, 15) is 0 Å². The van der Waals surface area contributed by atoms with E-state index < -0.39 is 0 Å². The molecule has 18 heavy (non-hydrogen) atoms. The second-order valence-electron chi connectivity index (χ2n) is 4.39. The second-order valence-corrected chi connectivity index (χ2v) is 5.31. The van der Waals surface area contributed by atoms with E-state index in [1.807, 2.05) is 18.3 Å². The number of pyridine rings is 1. The van der Waals surface area contributed by atoms with Gasteiger partial charge in [-0.15, -0.1) is 0 Å². The summed E-state index contributed by atoms with van der Waals surface area (Å²) < 4.78 is 1.09. The van der Waals surface area contributed by atoms with Crippen molar-refractivity contribution in [3.8, 4) is 11.3 Å². The number of fused-ring (bicyclic) bond motifs is 1. The molecule has 1 heterocycles. The molecule has 0 bridgehead atoms. The molecule has 1 nitrogen and oxygen atoms in total. The average Bonchev–Trinajstić information content (AvgIpc) is 2.39. The van der Waals surface area contributed by atoms with Gasteiger partial charge >= 0.3 is 0 Å². The van der Waals surface area contributed by atoms with Crippen molar-refractivity contribution in [3.05, 3.63) is 64.8 Å². The summed E-state index contributed by atoms with van der Waals surface area (Å²) in [6, 6.07) is 16.8. The molecule has 88 valence electrons. The van der Waals surface area contributed by atoms with Gasteiger partial charge in [-0.2, -0.15) is 0 Å². The Morgan fingerprint density at radius 2 is 1.72 bits per heavy atom. The average molecular weight is 298 g/mol. The number of aromatic nitrogens is 1. The maximum absolute atomic E-state index is 4.53. The summed E-state index contributed by atoms with van der Waals surface area (Å²) in [5.41, 5.74) is 3.45. The Labute approximate surface area is 115 Å². The summed E-state index contributed by atoms with van der Waals surface area (Å²) in [6.07, 6.45) is 1.87. The molecule has 2 aromatic carbocycles. The maximum Gasteiger partial charge on any atom is 0.0780 e. The molecule has 0 aliphatic rings. The lowest BCUT2D eigenvalue weighted by molar-refractivity contribution is 1.35. The summed E-state index contributed by atoms with van der Waals surface area (Å²) in [7, 11) is 0. The van der Waals surface area contributed by atoms with E-state index in [2.05, 4.69) is 64.2 Å². The lowest BCUT2D eigenvalue weighted by atomic mass is 10.0. The first-order valence-electron chi connectivity index (χ1n) is 5.85. The van der Waals surface area contributed by atoms with Crippen molar-refractivity contribution in [2.75, 3.05) is 0 Å². The van der Waals surface area contributed by atoms with E-state index in [-0.39, 0.29) is 0 Å². The SMILES string of the molecule is Cc1ccc2ccnc(-c3ccc(Br)cc3)c2c1. The third-order valence-electron chi connectivity index (χ3n) is 3.04. The second kappa shape index (κ2) is 4.54. The molecule has 1 aromatic heterocycles. The molecule has 3 aromatic rings. The molecule has 0 spiro atoms. The van der Waals surface area contributed by atoms with Gasteiger partial charge in [-0.3, -0.25) is 4.98 Å². The number of nitrogens with zero attached hydrogens (tertiary/aromatic N) is 1. The monoisotopic (exact) mass is 297 g/mol. The first-order valence-corrected chi connectivity index (χ1v) is 6.65. The van der Waals surface area contributed by atoms with Crippen LogP contribution < -0.4 is 0 Å². The Morgan fingerprint density at radius 3 is 2.50 bits per heavy atom. The van der Waals surface area contributed by atoms with E-state index in [4.69, 9.17) is 0 Å². The quantitative estimate of drug-likeness (QED) is 0.618. The molecule has 0 atom stereocenters. The molecule has 0 aliphatic carbocycles. The van der Waals surface area contributed by atoms with Crippen LogP contribution in [0.4, 0.5) is 0 Å². The van der Waals surface area contributed by atoms with Crippen molar-refractivity contribution in [3.63, 3.8) is 0 Å². The number of aryl methyl sites for hydroxylation is 1. The predicted octanol–water partition coefficient (Wildman–Crippen LogP) is 4.97. The van der Waals surface area contributed by atoms with Gasteiger partial charge in [0.2, 0.25) is 0 Å². The molecular formula is C16H12BrN. The largest absolute Gasteiger partial charge is 0.256 e. The molecule has 0 amide bonds. The third-order valence-corrected chi connectivity index (χ3v) is 3.57. The van der Waals surface area contributed by atoms with Gasteiger partial charge in [-0.05, 0) is 36.6 Å². The van der Waals surface area contributed by atoms with Crippen molar-refractivity contribution < 1.29 is 0 Å². The van der Waals surface area contributed by atoms with Crippen LogP contribution in [0.2, 0.25) is 0 Å². The highest BCUT2D eigenvalue weighted by Crippen LogP contribution is 2.28. The highest BCUT2D eigenvalue weighted by Gasteiger charge is 2.05. The summed E-state index contributed by atoms with van der Waals surface area (Å²) in [5, 5.41) is 2.44. The van der Waals surface area contributed by atoms with Gasteiger partial charge < -0.3 is 0 Å². The van der Waals surface area contributed by atoms with Crippen LogP contribution in [0.3, 0.4) is 0 Å². The summed E-state index contributed by atoms with van der Waals surface area (Å²) in [6.45, 7) is 2.11. The molecular weight excluding hydrogens is 286 g/mol. The zero-order valence-electron chi connectivity index (χ0n) is 10.0. The molecule has 0 radical (unpaired) electrons. The number of benzene rings is 2. The number of rotatable bonds is 1. The number of hydrogen-bond acceptors (Lipinski definition) is 1. The van der Waals surface area contributed by atoms with Crippen molar-refractivity contribution in [1.29, 1.82) is 0 Å². The van der Waals surface area contributed by atoms with E-state index in [0.29, 0.717) is 0 Å². The van der Waals surface area contributed by atoms with E-state index in [0.717, 1.165) is 15.7 Å². The molecule has 0 fully saturated rings. The van der Waals surface area contributed by atoms with Crippen LogP contribution in [0.15, 0.2) is 59.2 Å². The summed E-state index contributed by atoms with van der Waals surface area (Å²) >= 11 is 3.46. The van der Waals surface area contributed by atoms with Gasteiger partial charge in [0, 0.05) is 21.6 Å². The van der Waals surface area contributed by atoms with Crippen LogP contribution >= 0.6 is 15.9 Å². The highest BCUT2D eigenvalue weighted by atomic mass is 79.9. The lowest BCUT2D eigenvalue weighted by Crippen LogP contribution is -1.86. The Balaban J connectivity index is 2.28. The zero-order valence-corrected chi connectivity index (χ0v) is 11.6. The number of halogens is 1. The topological polar surface area (TPSA) is 12.9 Å². The highest BCUT2D eigenvalue weighted by molar-refractivity contribution is 9.10. The zero-order chi connectivity index (χ0) is 12.5. The fourth-order valence-electron chi connectivity index (χ4n) is 2.12. The van der Waals surface area contributed by atoms with Crippen LogP contribution in [-0.4, -0.2) is 4.98 Å². The predicted molar refractivity (Wildman–Crippen MR) is 79.6 cm³/mol. The standard InChI is InChI=1S/C16H12BrN/c1-11-2-3-12-8-9-18-16(15(12)10-11)13-4-6-14(17)7-5-13/h2-10H,1H3. The Kier molecular flexibility index (Phi) is 2.88. The molecule has 0 N–H and O–H groups in total.